The van der Waals surface area contributed by atoms with Crippen LogP contribution in [0.4, 0.5) is 11.6 Å². The highest BCUT2D eigenvalue weighted by Gasteiger charge is 2.08. The highest BCUT2D eigenvalue weighted by molar-refractivity contribution is 6.32. The molecule has 0 aliphatic carbocycles. The van der Waals surface area contributed by atoms with E-state index in [0.29, 0.717) is 17.3 Å². The molecule has 0 spiro atoms. The predicted molar refractivity (Wildman–Crippen MR) is 82.9 cm³/mol. The van der Waals surface area contributed by atoms with Crippen molar-refractivity contribution in [3.8, 4) is 5.75 Å². The summed E-state index contributed by atoms with van der Waals surface area (Å²) in [7, 11) is 7.55. The predicted octanol–water partition coefficient (Wildman–Crippen LogP) is 2.76. The number of anilines is 2. The van der Waals surface area contributed by atoms with Gasteiger partial charge in [-0.25, -0.2) is 4.98 Å². The lowest BCUT2D eigenvalue weighted by atomic mass is 10.3. The maximum atomic E-state index is 6.10. The summed E-state index contributed by atoms with van der Waals surface area (Å²) in [4.78, 5) is 6.36. The van der Waals surface area contributed by atoms with Crippen molar-refractivity contribution in [2.75, 3.05) is 31.4 Å². The van der Waals surface area contributed by atoms with Crippen LogP contribution >= 0.6 is 11.6 Å². The molecule has 0 unspecified atom stereocenters. The average Bonchev–Trinajstić information content (AvgIpc) is 2.78. The Morgan fingerprint density at radius 1 is 1.40 bits per heavy atom. The van der Waals surface area contributed by atoms with Gasteiger partial charge in [-0.05, 0) is 18.2 Å². The molecule has 0 bridgehead atoms. The summed E-state index contributed by atoms with van der Waals surface area (Å²) in [6.45, 7) is 0.681. The number of ether oxygens (including phenoxy) is 1. The first-order valence-corrected chi connectivity index (χ1v) is 6.66. The monoisotopic (exact) mass is 294 g/mol. The molecule has 0 aliphatic heterocycles. The number of nitrogens with one attached hydrogen (secondary N) is 1. The molecule has 0 radical (unpaired) electrons. The van der Waals surface area contributed by atoms with E-state index < -0.39 is 0 Å². The molecule has 2 rings (SSSR count). The average molecular weight is 295 g/mol. The molecule has 2 aromatic rings. The van der Waals surface area contributed by atoms with E-state index in [9.17, 15) is 0 Å². The number of benzene rings is 1. The molecule has 5 nitrogen and oxygen atoms in total. The summed E-state index contributed by atoms with van der Waals surface area (Å²) in [6.07, 6.45) is 1.87. The van der Waals surface area contributed by atoms with Crippen molar-refractivity contribution in [2.24, 2.45) is 7.05 Å². The third-order valence-corrected chi connectivity index (χ3v) is 3.38. The third kappa shape index (κ3) is 2.99. The smallest absolute Gasteiger partial charge is 0.204 e. The Kier molecular flexibility index (Phi) is 4.39. The van der Waals surface area contributed by atoms with Crippen molar-refractivity contribution in [2.45, 2.75) is 6.54 Å². The third-order valence-electron chi connectivity index (χ3n) is 3.09. The summed E-state index contributed by atoms with van der Waals surface area (Å²) >= 11 is 6.10. The van der Waals surface area contributed by atoms with Gasteiger partial charge in [-0.1, -0.05) is 11.6 Å². The molecule has 0 atom stereocenters. The number of aromatic nitrogens is 2. The van der Waals surface area contributed by atoms with Gasteiger partial charge in [-0.2, -0.15) is 0 Å². The van der Waals surface area contributed by atoms with Crippen molar-refractivity contribution in [1.82, 2.24) is 9.55 Å². The molecule has 6 heteroatoms. The van der Waals surface area contributed by atoms with Gasteiger partial charge in [0.25, 0.3) is 0 Å². The van der Waals surface area contributed by atoms with Crippen LogP contribution in [0.15, 0.2) is 24.4 Å². The van der Waals surface area contributed by atoms with Gasteiger partial charge in [0.15, 0.2) is 0 Å². The molecule has 1 aromatic carbocycles. The van der Waals surface area contributed by atoms with Crippen LogP contribution < -0.4 is 15.0 Å². The van der Waals surface area contributed by atoms with Gasteiger partial charge in [0, 0.05) is 26.8 Å². The lowest BCUT2D eigenvalue weighted by Gasteiger charge is -2.13. The number of rotatable bonds is 5. The standard InChI is InChI=1S/C14H19ClN4O/c1-18(2)14-17-9-11(19(14)3)8-16-10-5-6-13(20-4)12(15)7-10/h5-7,9,16H,8H2,1-4H3. The van der Waals surface area contributed by atoms with Gasteiger partial charge >= 0.3 is 0 Å². The second-order valence-corrected chi connectivity index (χ2v) is 5.11. The Hall–Kier alpha value is -1.88. The van der Waals surface area contributed by atoms with E-state index >= 15 is 0 Å². The van der Waals surface area contributed by atoms with Crippen molar-refractivity contribution in [1.29, 1.82) is 0 Å². The van der Waals surface area contributed by atoms with Crippen LogP contribution in [0.3, 0.4) is 0 Å². The molecule has 1 heterocycles. The Labute approximate surface area is 124 Å². The van der Waals surface area contributed by atoms with E-state index in [1.807, 2.05) is 50.4 Å². The van der Waals surface area contributed by atoms with Gasteiger partial charge in [-0.15, -0.1) is 0 Å². The molecule has 0 saturated carbocycles. The van der Waals surface area contributed by atoms with E-state index in [2.05, 4.69) is 14.9 Å². The van der Waals surface area contributed by atoms with E-state index in [1.165, 1.54) is 0 Å². The Balaban J connectivity index is 2.07. The normalized spacial score (nSPS) is 10.4. The summed E-state index contributed by atoms with van der Waals surface area (Å²) in [6, 6.07) is 5.64. The number of hydrogen-bond acceptors (Lipinski definition) is 4. The second-order valence-electron chi connectivity index (χ2n) is 4.71. The lowest BCUT2D eigenvalue weighted by Crippen LogP contribution is -2.15. The summed E-state index contributed by atoms with van der Waals surface area (Å²) in [5, 5.41) is 3.92. The number of hydrogen-bond donors (Lipinski definition) is 1. The van der Waals surface area contributed by atoms with Crippen molar-refractivity contribution >= 4 is 23.2 Å². The fraction of sp³-hybridized carbons (Fsp3) is 0.357. The summed E-state index contributed by atoms with van der Waals surface area (Å²) in [5.74, 6) is 1.60. The largest absolute Gasteiger partial charge is 0.495 e. The van der Waals surface area contributed by atoms with Crippen LogP contribution in [0, 0.1) is 0 Å². The highest BCUT2D eigenvalue weighted by atomic mass is 35.5. The number of halogens is 1. The first kappa shape index (κ1) is 14.5. The van der Waals surface area contributed by atoms with Crippen LogP contribution in [-0.4, -0.2) is 30.8 Å². The molecule has 0 saturated heterocycles. The zero-order valence-electron chi connectivity index (χ0n) is 12.1. The number of methoxy groups -OCH3 is 1. The van der Waals surface area contributed by atoms with Crippen LogP contribution in [0.2, 0.25) is 5.02 Å². The molecule has 1 aromatic heterocycles. The minimum absolute atomic E-state index is 0.594. The first-order valence-electron chi connectivity index (χ1n) is 6.28. The second kappa shape index (κ2) is 6.05. The molecule has 108 valence electrons. The Morgan fingerprint density at radius 3 is 2.70 bits per heavy atom. The first-order chi connectivity index (χ1) is 9.52. The summed E-state index contributed by atoms with van der Waals surface area (Å²) < 4.78 is 7.19. The minimum Gasteiger partial charge on any atom is -0.495 e. The van der Waals surface area contributed by atoms with Gasteiger partial charge in [-0.3, -0.25) is 0 Å². The molecular weight excluding hydrogens is 276 g/mol. The lowest BCUT2D eigenvalue weighted by molar-refractivity contribution is 0.415. The van der Waals surface area contributed by atoms with Gasteiger partial charge in [0.1, 0.15) is 5.75 Å². The molecule has 0 amide bonds. The highest BCUT2D eigenvalue weighted by Crippen LogP contribution is 2.27. The maximum Gasteiger partial charge on any atom is 0.204 e. The van der Waals surface area contributed by atoms with E-state index in [-0.39, 0.29) is 0 Å². The van der Waals surface area contributed by atoms with Crippen LogP contribution in [0.25, 0.3) is 0 Å². The molecular formula is C14H19ClN4O. The number of nitrogens with zero attached hydrogens (tertiary/aromatic N) is 3. The SMILES string of the molecule is COc1ccc(NCc2cnc(N(C)C)n2C)cc1Cl. The maximum absolute atomic E-state index is 6.10. The van der Waals surface area contributed by atoms with E-state index in [1.54, 1.807) is 7.11 Å². The minimum atomic E-state index is 0.594. The fourth-order valence-corrected chi connectivity index (χ4v) is 2.24. The van der Waals surface area contributed by atoms with Gasteiger partial charge in [0.2, 0.25) is 5.95 Å². The van der Waals surface area contributed by atoms with Crippen molar-refractivity contribution < 1.29 is 4.74 Å². The number of imidazole rings is 1. The van der Waals surface area contributed by atoms with E-state index in [0.717, 1.165) is 17.3 Å². The Bertz CT molecular complexity index is 595. The van der Waals surface area contributed by atoms with Gasteiger partial charge < -0.3 is 19.5 Å². The zero-order chi connectivity index (χ0) is 14.7. The molecule has 0 fully saturated rings. The van der Waals surface area contributed by atoms with Crippen molar-refractivity contribution in [3.63, 3.8) is 0 Å². The van der Waals surface area contributed by atoms with Crippen LogP contribution in [-0.2, 0) is 13.6 Å². The molecule has 0 aliphatic rings. The van der Waals surface area contributed by atoms with Crippen molar-refractivity contribution in [3.05, 3.63) is 35.1 Å². The summed E-state index contributed by atoms with van der Waals surface area (Å²) in [5.41, 5.74) is 2.05. The Morgan fingerprint density at radius 2 is 2.15 bits per heavy atom. The topological polar surface area (TPSA) is 42.3 Å². The van der Waals surface area contributed by atoms with Gasteiger partial charge in [0.05, 0.1) is 30.6 Å². The van der Waals surface area contributed by atoms with E-state index in [4.69, 9.17) is 16.3 Å². The van der Waals surface area contributed by atoms with Crippen LogP contribution in [0.5, 0.6) is 5.75 Å². The zero-order valence-corrected chi connectivity index (χ0v) is 12.9. The molecule has 20 heavy (non-hydrogen) atoms. The quantitative estimate of drug-likeness (QED) is 0.921. The van der Waals surface area contributed by atoms with Crippen LogP contribution in [0.1, 0.15) is 5.69 Å². The fourth-order valence-electron chi connectivity index (χ4n) is 1.98. The molecule has 1 N–H and O–H groups in total.